The number of hydrogen-bond donors (Lipinski definition) is 2. The van der Waals surface area contributed by atoms with E-state index < -0.39 is 0 Å². The molecule has 2 heterocycles. The van der Waals surface area contributed by atoms with Gasteiger partial charge in [0.05, 0.1) is 19.7 Å². The van der Waals surface area contributed by atoms with Crippen LogP contribution in [0.5, 0.6) is 5.75 Å². The Hall–Kier alpha value is -1.55. The molecule has 0 saturated carbocycles. The van der Waals surface area contributed by atoms with Gasteiger partial charge in [0.25, 0.3) is 0 Å². The van der Waals surface area contributed by atoms with Crippen LogP contribution in [0.3, 0.4) is 0 Å². The van der Waals surface area contributed by atoms with Gasteiger partial charge in [-0.1, -0.05) is 24.6 Å². The van der Waals surface area contributed by atoms with Crippen molar-refractivity contribution in [3.8, 4) is 5.75 Å². The zero-order chi connectivity index (χ0) is 21.9. The Morgan fingerprint density at radius 3 is 2.59 bits per heavy atom. The van der Waals surface area contributed by atoms with Gasteiger partial charge in [0.1, 0.15) is 5.75 Å². The molecule has 7 nitrogen and oxygen atoms in total. The molecule has 2 aliphatic rings. The topological polar surface area (TPSA) is 69.2 Å². The Labute approximate surface area is 210 Å². The zero-order valence-electron chi connectivity index (χ0n) is 19.6. The molecule has 0 aliphatic carbocycles. The number of benzene rings is 1. The average molecular weight is 558 g/mol. The smallest absolute Gasteiger partial charge is 0.222 e. The number of hydrogen-bond acceptors (Lipinski definition) is 4. The number of guanidine groups is 1. The van der Waals surface area contributed by atoms with E-state index in [4.69, 9.17) is 9.73 Å². The van der Waals surface area contributed by atoms with Crippen molar-refractivity contribution in [2.75, 3.05) is 52.9 Å². The highest BCUT2D eigenvalue weighted by atomic mass is 127. The lowest BCUT2D eigenvalue weighted by molar-refractivity contribution is -0.127. The molecule has 180 valence electrons. The van der Waals surface area contributed by atoms with Gasteiger partial charge in [-0.25, -0.2) is 0 Å². The SMILES string of the molecule is CCNC(=NCC(c1ccccc1OC)N1CCCCC1)NCCCN1CCCC1=O.I. The van der Waals surface area contributed by atoms with Gasteiger partial charge < -0.3 is 20.3 Å². The van der Waals surface area contributed by atoms with E-state index in [0.29, 0.717) is 18.9 Å². The first-order chi connectivity index (χ1) is 15.2. The zero-order valence-corrected chi connectivity index (χ0v) is 22.0. The molecule has 0 bridgehead atoms. The summed E-state index contributed by atoms with van der Waals surface area (Å²) in [5.74, 6) is 2.07. The van der Waals surface area contributed by atoms with Gasteiger partial charge in [0, 0.05) is 38.2 Å². The highest BCUT2D eigenvalue weighted by molar-refractivity contribution is 14.0. The summed E-state index contributed by atoms with van der Waals surface area (Å²) in [4.78, 5) is 21.2. The number of methoxy groups -OCH3 is 1. The Morgan fingerprint density at radius 2 is 1.91 bits per heavy atom. The summed E-state index contributed by atoms with van der Waals surface area (Å²) in [5.41, 5.74) is 1.21. The van der Waals surface area contributed by atoms with Crippen LogP contribution in [0.4, 0.5) is 0 Å². The average Bonchev–Trinajstić information content (AvgIpc) is 3.22. The first kappa shape index (κ1) is 26.7. The minimum Gasteiger partial charge on any atom is -0.496 e. The minimum atomic E-state index is 0. The number of carbonyl (C=O) groups excluding carboxylic acids is 1. The maximum atomic E-state index is 11.8. The molecule has 3 rings (SSSR count). The summed E-state index contributed by atoms with van der Waals surface area (Å²) in [6.45, 7) is 8.32. The van der Waals surface area contributed by atoms with Crippen LogP contribution in [0, 0.1) is 0 Å². The monoisotopic (exact) mass is 557 g/mol. The molecular formula is C24H40IN5O2. The number of likely N-dealkylation sites (tertiary alicyclic amines) is 2. The number of piperidine rings is 1. The van der Waals surface area contributed by atoms with Crippen LogP contribution in [0.2, 0.25) is 0 Å². The number of para-hydroxylation sites is 1. The number of amides is 1. The van der Waals surface area contributed by atoms with Crippen LogP contribution in [-0.4, -0.2) is 74.6 Å². The fraction of sp³-hybridized carbons (Fsp3) is 0.667. The molecular weight excluding hydrogens is 517 g/mol. The maximum Gasteiger partial charge on any atom is 0.222 e. The minimum absolute atomic E-state index is 0. The number of carbonyl (C=O) groups is 1. The molecule has 2 aliphatic heterocycles. The van der Waals surface area contributed by atoms with Crippen LogP contribution >= 0.6 is 24.0 Å². The summed E-state index contributed by atoms with van der Waals surface area (Å²) in [6, 6.07) is 8.52. The van der Waals surface area contributed by atoms with E-state index in [1.165, 1.54) is 24.8 Å². The van der Waals surface area contributed by atoms with Gasteiger partial charge in [-0.05, 0) is 51.8 Å². The predicted molar refractivity (Wildman–Crippen MR) is 141 cm³/mol. The van der Waals surface area contributed by atoms with E-state index in [0.717, 1.165) is 63.8 Å². The highest BCUT2D eigenvalue weighted by Crippen LogP contribution is 2.31. The highest BCUT2D eigenvalue weighted by Gasteiger charge is 2.25. The first-order valence-electron chi connectivity index (χ1n) is 11.9. The first-order valence-corrected chi connectivity index (χ1v) is 11.9. The summed E-state index contributed by atoms with van der Waals surface area (Å²) in [6.07, 6.45) is 6.42. The maximum absolute atomic E-state index is 11.8. The largest absolute Gasteiger partial charge is 0.496 e. The summed E-state index contributed by atoms with van der Waals surface area (Å²) < 4.78 is 5.67. The lowest BCUT2D eigenvalue weighted by Gasteiger charge is -2.34. The summed E-state index contributed by atoms with van der Waals surface area (Å²) in [7, 11) is 1.74. The quantitative estimate of drug-likeness (QED) is 0.200. The molecule has 32 heavy (non-hydrogen) atoms. The molecule has 2 N–H and O–H groups in total. The Kier molecular flexibility index (Phi) is 12.2. The predicted octanol–water partition coefficient (Wildman–Crippen LogP) is 3.41. The molecule has 8 heteroatoms. The number of ether oxygens (including phenoxy) is 1. The third kappa shape index (κ3) is 7.79. The van der Waals surface area contributed by atoms with Crippen molar-refractivity contribution in [2.24, 2.45) is 4.99 Å². The van der Waals surface area contributed by atoms with E-state index in [1.54, 1.807) is 7.11 Å². The van der Waals surface area contributed by atoms with E-state index in [-0.39, 0.29) is 30.0 Å². The fourth-order valence-corrected chi connectivity index (χ4v) is 4.52. The second-order valence-corrected chi connectivity index (χ2v) is 8.34. The van der Waals surface area contributed by atoms with Crippen LogP contribution in [-0.2, 0) is 4.79 Å². The van der Waals surface area contributed by atoms with Gasteiger partial charge in [0.15, 0.2) is 5.96 Å². The van der Waals surface area contributed by atoms with Gasteiger partial charge in [-0.2, -0.15) is 0 Å². The van der Waals surface area contributed by atoms with Gasteiger partial charge in [-0.15, -0.1) is 24.0 Å². The molecule has 2 saturated heterocycles. The van der Waals surface area contributed by atoms with Crippen LogP contribution < -0.4 is 15.4 Å². The molecule has 1 aromatic carbocycles. The Bertz CT molecular complexity index is 724. The number of nitrogens with one attached hydrogen (secondary N) is 2. The molecule has 0 aromatic heterocycles. The summed E-state index contributed by atoms with van der Waals surface area (Å²) in [5, 5.41) is 6.82. The lowest BCUT2D eigenvalue weighted by Crippen LogP contribution is -2.40. The van der Waals surface area contributed by atoms with Crippen molar-refractivity contribution in [3.63, 3.8) is 0 Å². The third-order valence-corrected chi connectivity index (χ3v) is 6.16. The number of aliphatic imine (C=N–C) groups is 1. The Balaban J connectivity index is 0.00000363. The van der Waals surface area contributed by atoms with Gasteiger partial charge in [-0.3, -0.25) is 14.7 Å². The lowest BCUT2D eigenvalue weighted by atomic mass is 10.0. The van der Waals surface area contributed by atoms with Crippen molar-refractivity contribution in [2.45, 2.75) is 51.5 Å². The van der Waals surface area contributed by atoms with Gasteiger partial charge >= 0.3 is 0 Å². The molecule has 2 fully saturated rings. The van der Waals surface area contributed by atoms with Crippen LogP contribution in [0.1, 0.15) is 57.1 Å². The van der Waals surface area contributed by atoms with Crippen molar-refractivity contribution in [1.29, 1.82) is 0 Å². The Morgan fingerprint density at radius 1 is 1.12 bits per heavy atom. The van der Waals surface area contributed by atoms with Gasteiger partial charge in [0.2, 0.25) is 5.91 Å². The third-order valence-electron chi connectivity index (χ3n) is 6.16. The van der Waals surface area contributed by atoms with E-state index in [1.807, 2.05) is 17.0 Å². The standard InChI is InChI=1S/C24H39N5O2.HI/c1-3-25-24(26-14-10-18-29-17-9-13-23(29)30)27-19-21(28-15-7-4-8-16-28)20-11-5-6-12-22(20)31-2;/h5-6,11-12,21H,3-4,7-10,13-19H2,1-2H3,(H2,25,26,27);1H. The summed E-state index contributed by atoms with van der Waals surface area (Å²) >= 11 is 0. The van der Waals surface area contributed by atoms with Crippen molar-refractivity contribution in [1.82, 2.24) is 20.4 Å². The number of nitrogens with zero attached hydrogens (tertiary/aromatic N) is 3. The molecule has 0 spiro atoms. The molecule has 1 unspecified atom stereocenters. The molecule has 1 atom stereocenters. The molecule has 1 aromatic rings. The second kappa shape index (κ2) is 14.6. The van der Waals surface area contributed by atoms with Crippen molar-refractivity contribution >= 4 is 35.8 Å². The normalized spacial score (nSPS) is 18.2. The number of halogens is 1. The van der Waals surface area contributed by atoms with Crippen LogP contribution in [0.15, 0.2) is 29.3 Å². The van der Waals surface area contributed by atoms with Crippen molar-refractivity contribution in [3.05, 3.63) is 29.8 Å². The van der Waals surface area contributed by atoms with Crippen LogP contribution in [0.25, 0.3) is 0 Å². The molecule has 0 radical (unpaired) electrons. The van der Waals surface area contributed by atoms with E-state index in [9.17, 15) is 4.79 Å². The molecule has 1 amide bonds. The second-order valence-electron chi connectivity index (χ2n) is 8.34. The number of rotatable bonds is 10. The fourth-order valence-electron chi connectivity index (χ4n) is 4.52. The van der Waals surface area contributed by atoms with E-state index in [2.05, 4.69) is 34.6 Å². The van der Waals surface area contributed by atoms with Crippen molar-refractivity contribution < 1.29 is 9.53 Å². The van der Waals surface area contributed by atoms with E-state index >= 15 is 0 Å².